The predicted molar refractivity (Wildman–Crippen MR) is 95.7 cm³/mol. The molecule has 0 bridgehead atoms. The van der Waals surface area contributed by atoms with Crippen molar-refractivity contribution in [1.29, 1.82) is 0 Å². The zero-order chi connectivity index (χ0) is 17.4. The van der Waals surface area contributed by atoms with Gasteiger partial charge in [-0.3, -0.25) is 4.79 Å². The SMILES string of the molecule is C[C@@H](OC(=O)c1c[nH]c2ccccc12)C(=O)N1CCc2ccccc21. The summed E-state index contributed by atoms with van der Waals surface area (Å²) in [6.07, 6.45) is 1.60. The Balaban J connectivity index is 1.51. The van der Waals surface area contributed by atoms with Crippen molar-refractivity contribution in [1.82, 2.24) is 4.98 Å². The van der Waals surface area contributed by atoms with Crippen molar-refractivity contribution in [2.45, 2.75) is 19.4 Å². The van der Waals surface area contributed by atoms with Crippen LogP contribution in [0, 0.1) is 0 Å². The van der Waals surface area contributed by atoms with Gasteiger partial charge in [-0.15, -0.1) is 0 Å². The van der Waals surface area contributed by atoms with Crippen LogP contribution < -0.4 is 4.90 Å². The molecule has 0 unspecified atom stereocenters. The monoisotopic (exact) mass is 334 g/mol. The molecule has 1 amide bonds. The van der Waals surface area contributed by atoms with Crippen LogP contribution in [0.3, 0.4) is 0 Å². The van der Waals surface area contributed by atoms with Gasteiger partial charge in [0, 0.05) is 29.3 Å². The van der Waals surface area contributed by atoms with Gasteiger partial charge in [-0.25, -0.2) is 4.79 Å². The molecule has 126 valence electrons. The Kier molecular flexibility index (Phi) is 3.76. The van der Waals surface area contributed by atoms with Crippen molar-refractivity contribution in [3.8, 4) is 0 Å². The van der Waals surface area contributed by atoms with E-state index in [-0.39, 0.29) is 5.91 Å². The lowest BCUT2D eigenvalue weighted by Gasteiger charge is -2.21. The van der Waals surface area contributed by atoms with Crippen LogP contribution >= 0.6 is 0 Å². The molecule has 1 N–H and O–H groups in total. The number of fused-ring (bicyclic) bond motifs is 2. The fourth-order valence-corrected chi connectivity index (χ4v) is 3.30. The summed E-state index contributed by atoms with van der Waals surface area (Å²) in [5, 5.41) is 0.790. The van der Waals surface area contributed by atoms with Gasteiger partial charge in [-0.05, 0) is 31.0 Å². The normalized spacial score (nSPS) is 14.4. The maximum absolute atomic E-state index is 12.7. The second-order valence-electron chi connectivity index (χ2n) is 6.16. The zero-order valence-corrected chi connectivity index (χ0v) is 13.9. The molecule has 1 aliphatic heterocycles. The van der Waals surface area contributed by atoms with E-state index in [4.69, 9.17) is 4.74 Å². The van der Waals surface area contributed by atoms with Crippen LogP contribution in [0.25, 0.3) is 10.9 Å². The van der Waals surface area contributed by atoms with E-state index in [0.717, 1.165) is 28.6 Å². The summed E-state index contributed by atoms with van der Waals surface area (Å²) in [5.41, 5.74) is 3.35. The molecule has 5 nitrogen and oxygen atoms in total. The molecule has 25 heavy (non-hydrogen) atoms. The molecule has 3 aromatic rings. The van der Waals surface area contributed by atoms with E-state index < -0.39 is 12.1 Å². The van der Waals surface area contributed by atoms with Crippen molar-refractivity contribution in [2.75, 3.05) is 11.4 Å². The first kappa shape index (κ1) is 15.4. The summed E-state index contributed by atoms with van der Waals surface area (Å²) in [5.74, 6) is -0.691. The topological polar surface area (TPSA) is 62.4 Å². The van der Waals surface area contributed by atoms with Crippen molar-refractivity contribution in [2.24, 2.45) is 0 Å². The number of ether oxygens (including phenoxy) is 1. The number of H-pyrrole nitrogens is 1. The summed E-state index contributed by atoms with van der Waals surface area (Å²) in [4.78, 5) is 29.9. The van der Waals surface area contributed by atoms with Crippen LogP contribution in [0.4, 0.5) is 5.69 Å². The molecule has 1 atom stereocenters. The van der Waals surface area contributed by atoms with E-state index >= 15 is 0 Å². The number of rotatable bonds is 3. The molecule has 1 aliphatic rings. The highest BCUT2D eigenvalue weighted by atomic mass is 16.5. The Morgan fingerprint density at radius 2 is 1.88 bits per heavy atom. The zero-order valence-electron chi connectivity index (χ0n) is 13.9. The second kappa shape index (κ2) is 6.09. The molecule has 0 saturated heterocycles. The molecule has 0 aliphatic carbocycles. The lowest BCUT2D eigenvalue weighted by molar-refractivity contribution is -0.126. The third-order valence-electron chi connectivity index (χ3n) is 4.59. The van der Waals surface area contributed by atoms with Crippen molar-refractivity contribution in [3.05, 3.63) is 65.9 Å². The molecule has 5 heteroatoms. The Morgan fingerprint density at radius 3 is 2.76 bits per heavy atom. The van der Waals surface area contributed by atoms with E-state index in [2.05, 4.69) is 4.98 Å². The number of para-hydroxylation sites is 2. The third kappa shape index (κ3) is 2.67. The average molecular weight is 334 g/mol. The Labute approximate surface area is 145 Å². The molecular weight excluding hydrogens is 316 g/mol. The van der Waals surface area contributed by atoms with Gasteiger partial charge in [0.05, 0.1) is 5.56 Å². The van der Waals surface area contributed by atoms with Gasteiger partial charge in [0.25, 0.3) is 5.91 Å². The number of nitrogens with one attached hydrogen (secondary N) is 1. The van der Waals surface area contributed by atoms with Gasteiger partial charge >= 0.3 is 5.97 Å². The highest BCUT2D eigenvalue weighted by Crippen LogP contribution is 2.28. The van der Waals surface area contributed by atoms with Crippen molar-refractivity contribution >= 4 is 28.5 Å². The third-order valence-corrected chi connectivity index (χ3v) is 4.59. The molecule has 0 spiro atoms. The molecule has 2 heterocycles. The standard InChI is InChI=1S/C20H18N2O3/c1-13(19(23)22-11-10-14-6-2-5-9-18(14)22)25-20(24)16-12-21-17-8-4-3-7-15(16)17/h2-9,12-13,21H,10-11H2,1H3/t13-/m1/s1. The van der Waals surface area contributed by atoms with E-state index in [1.807, 2.05) is 48.5 Å². The van der Waals surface area contributed by atoms with Crippen LogP contribution in [-0.2, 0) is 16.0 Å². The molecule has 0 radical (unpaired) electrons. The van der Waals surface area contributed by atoms with Gasteiger partial charge < -0.3 is 14.6 Å². The molecule has 0 saturated carbocycles. The number of benzene rings is 2. The number of anilines is 1. The van der Waals surface area contributed by atoms with Gasteiger partial charge in [0.1, 0.15) is 0 Å². The van der Waals surface area contributed by atoms with Crippen LogP contribution in [0.15, 0.2) is 54.7 Å². The number of esters is 1. The van der Waals surface area contributed by atoms with E-state index in [1.54, 1.807) is 18.0 Å². The molecule has 0 fully saturated rings. The van der Waals surface area contributed by atoms with Gasteiger partial charge in [0.2, 0.25) is 0 Å². The number of nitrogens with zero attached hydrogens (tertiary/aromatic N) is 1. The summed E-state index contributed by atoms with van der Waals surface area (Å²) in [6.45, 7) is 2.24. The average Bonchev–Trinajstić information content (AvgIpc) is 3.25. The predicted octanol–water partition coefficient (Wildman–Crippen LogP) is 3.30. The van der Waals surface area contributed by atoms with Crippen LogP contribution in [0.5, 0.6) is 0 Å². The fraction of sp³-hybridized carbons (Fsp3) is 0.200. The van der Waals surface area contributed by atoms with Gasteiger partial charge in [0.15, 0.2) is 6.10 Å². The first-order valence-electron chi connectivity index (χ1n) is 8.31. The minimum atomic E-state index is -0.840. The highest BCUT2D eigenvalue weighted by Gasteiger charge is 2.30. The number of hydrogen-bond acceptors (Lipinski definition) is 3. The van der Waals surface area contributed by atoms with Crippen LogP contribution in [0.1, 0.15) is 22.8 Å². The van der Waals surface area contributed by atoms with Crippen LogP contribution in [-0.4, -0.2) is 29.5 Å². The summed E-state index contributed by atoms with van der Waals surface area (Å²) in [7, 11) is 0. The molecule has 4 rings (SSSR count). The smallest absolute Gasteiger partial charge is 0.341 e. The number of carbonyl (C=O) groups is 2. The number of amides is 1. The first-order valence-corrected chi connectivity index (χ1v) is 8.31. The highest BCUT2D eigenvalue weighted by molar-refractivity contribution is 6.06. The van der Waals surface area contributed by atoms with Crippen LogP contribution in [0.2, 0.25) is 0 Å². The van der Waals surface area contributed by atoms with E-state index in [1.165, 1.54) is 0 Å². The minimum Gasteiger partial charge on any atom is -0.449 e. The Bertz CT molecular complexity index is 960. The lowest BCUT2D eigenvalue weighted by atomic mass is 10.2. The summed E-state index contributed by atoms with van der Waals surface area (Å²) < 4.78 is 5.44. The Hall–Kier alpha value is -3.08. The second-order valence-corrected chi connectivity index (χ2v) is 6.16. The number of carbonyl (C=O) groups excluding carboxylic acids is 2. The van der Waals surface area contributed by atoms with Gasteiger partial charge in [-0.2, -0.15) is 0 Å². The maximum atomic E-state index is 12.7. The molecule has 1 aromatic heterocycles. The largest absolute Gasteiger partial charge is 0.449 e. The molecular formula is C20H18N2O3. The number of aromatic nitrogens is 1. The Morgan fingerprint density at radius 1 is 1.12 bits per heavy atom. The lowest BCUT2D eigenvalue weighted by Crippen LogP contribution is -2.39. The number of aromatic amines is 1. The molecule has 2 aromatic carbocycles. The quantitative estimate of drug-likeness (QED) is 0.748. The first-order chi connectivity index (χ1) is 12.1. The van der Waals surface area contributed by atoms with Gasteiger partial charge in [-0.1, -0.05) is 36.4 Å². The van der Waals surface area contributed by atoms with E-state index in [9.17, 15) is 9.59 Å². The fourth-order valence-electron chi connectivity index (χ4n) is 3.30. The van der Waals surface area contributed by atoms with Crippen molar-refractivity contribution in [3.63, 3.8) is 0 Å². The van der Waals surface area contributed by atoms with Crippen molar-refractivity contribution < 1.29 is 14.3 Å². The maximum Gasteiger partial charge on any atom is 0.341 e. The summed E-state index contributed by atoms with van der Waals surface area (Å²) in [6, 6.07) is 15.3. The van der Waals surface area contributed by atoms with E-state index in [0.29, 0.717) is 12.1 Å². The minimum absolute atomic E-state index is 0.196. The number of hydrogen-bond donors (Lipinski definition) is 1. The summed E-state index contributed by atoms with van der Waals surface area (Å²) >= 11 is 0.